The van der Waals surface area contributed by atoms with Gasteiger partial charge in [0, 0.05) is 6.04 Å². The van der Waals surface area contributed by atoms with Gasteiger partial charge in [-0.2, -0.15) is 0 Å². The summed E-state index contributed by atoms with van der Waals surface area (Å²) in [4.78, 5) is 23.2. The van der Waals surface area contributed by atoms with Crippen LogP contribution < -0.4 is 5.32 Å². The van der Waals surface area contributed by atoms with Crippen LogP contribution in [0.3, 0.4) is 0 Å². The van der Waals surface area contributed by atoms with E-state index < -0.39 is 5.97 Å². The number of hydrogen-bond donors (Lipinski definition) is 2. The molecule has 1 aliphatic rings. The smallest absolute Gasteiger partial charge is 0.335 e. The predicted molar refractivity (Wildman–Crippen MR) is 76.6 cm³/mol. The molecule has 0 bridgehead atoms. The van der Waals surface area contributed by atoms with E-state index in [9.17, 15) is 9.59 Å². The van der Waals surface area contributed by atoms with E-state index in [2.05, 4.69) is 19.2 Å². The van der Waals surface area contributed by atoms with Crippen molar-refractivity contribution < 1.29 is 14.7 Å². The lowest BCUT2D eigenvalue weighted by atomic mass is 9.97. The van der Waals surface area contributed by atoms with Crippen LogP contribution in [-0.2, 0) is 11.2 Å². The van der Waals surface area contributed by atoms with Crippen molar-refractivity contribution in [1.82, 2.24) is 5.32 Å². The molecule has 1 aliphatic carbocycles. The van der Waals surface area contributed by atoms with Crippen molar-refractivity contribution in [1.29, 1.82) is 0 Å². The summed E-state index contributed by atoms with van der Waals surface area (Å²) in [6.07, 6.45) is 2.27. The van der Waals surface area contributed by atoms with E-state index in [1.54, 1.807) is 18.2 Å². The number of rotatable bonds is 4. The van der Waals surface area contributed by atoms with Gasteiger partial charge in [0.05, 0.1) is 12.0 Å². The Kier molecular flexibility index (Phi) is 4.42. The molecule has 4 heteroatoms. The summed E-state index contributed by atoms with van der Waals surface area (Å²) in [6, 6.07) is 6.88. The summed E-state index contributed by atoms with van der Waals surface area (Å²) >= 11 is 0. The summed E-state index contributed by atoms with van der Waals surface area (Å²) in [6.45, 7) is 4.37. The molecule has 0 aliphatic heterocycles. The summed E-state index contributed by atoms with van der Waals surface area (Å²) in [7, 11) is 0. The summed E-state index contributed by atoms with van der Waals surface area (Å²) in [5, 5.41) is 12.1. The second kappa shape index (κ2) is 6.07. The maximum absolute atomic E-state index is 12.1. The zero-order valence-electron chi connectivity index (χ0n) is 11.9. The van der Waals surface area contributed by atoms with Crippen LogP contribution in [-0.4, -0.2) is 23.0 Å². The lowest BCUT2D eigenvalue weighted by Gasteiger charge is -2.19. The minimum atomic E-state index is -0.990. The second-order valence-corrected chi connectivity index (χ2v) is 5.73. The van der Waals surface area contributed by atoms with Gasteiger partial charge < -0.3 is 10.4 Å². The summed E-state index contributed by atoms with van der Waals surface area (Å²) in [5.41, 5.74) is 0.770. The van der Waals surface area contributed by atoms with E-state index in [1.165, 1.54) is 6.07 Å². The monoisotopic (exact) mass is 275 g/mol. The number of carbonyl (C=O) groups excluding carboxylic acids is 1. The van der Waals surface area contributed by atoms with Gasteiger partial charge in [0.1, 0.15) is 0 Å². The van der Waals surface area contributed by atoms with Crippen molar-refractivity contribution >= 4 is 11.9 Å². The Hall–Kier alpha value is -1.84. The molecule has 3 unspecified atom stereocenters. The van der Waals surface area contributed by atoms with E-state index >= 15 is 0 Å². The van der Waals surface area contributed by atoms with Gasteiger partial charge in [0.2, 0.25) is 5.91 Å². The van der Waals surface area contributed by atoms with E-state index in [1.807, 2.05) is 0 Å². The number of aromatic carboxylic acids is 1. The molecule has 3 atom stereocenters. The first-order valence-electron chi connectivity index (χ1n) is 7.09. The van der Waals surface area contributed by atoms with Crippen LogP contribution in [0.2, 0.25) is 0 Å². The number of carbonyl (C=O) groups is 2. The molecule has 20 heavy (non-hydrogen) atoms. The molecule has 1 aromatic carbocycles. The average Bonchev–Trinajstić information content (AvgIpc) is 2.71. The highest BCUT2D eigenvalue weighted by atomic mass is 16.4. The Morgan fingerprint density at radius 2 is 1.95 bits per heavy atom. The Bertz CT molecular complexity index is 512. The van der Waals surface area contributed by atoms with Crippen LogP contribution in [0.15, 0.2) is 24.3 Å². The maximum atomic E-state index is 12.1. The molecule has 1 saturated carbocycles. The van der Waals surface area contributed by atoms with Crippen molar-refractivity contribution in [2.75, 3.05) is 0 Å². The molecule has 4 nitrogen and oxygen atoms in total. The third kappa shape index (κ3) is 3.18. The number of carboxylic acids is 1. The quantitative estimate of drug-likeness (QED) is 0.887. The summed E-state index contributed by atoms with van der Waals surface area (Å²) < 4.78 is 0. The van der Waals surface area contributed by atoms with Gasteiger partial charge in [0.25, 0.3) is 0 Å². The molecule has 0 spiro atoms. The van der Waals surface area contributed by atoms with Crippen LogP contribution in [0, 0.1) is 11.8 Å². The van der Waals surface area contributed by atoms with E-state index in [0.29, 0.717) is 17.4 Å². The highest BCUT2D eigenvalue weighted by Crippen LogP contribution is 2.31. The lowest BCUT2D eigenvalue weighted by Crippen LogP contribution is -2.38. The van der Waals surface area contributed by atoms with Crippen LogP contribution >= 0.6 is 0 Å². The summed E-state index contributed by atoms with van der Waals surface area (Å²) in [5.74, 6) is 0.0289. The molecule has 2 N–H and O–H groups in total. The standard InChI is InChI=1S/C16H21NO3/c1-10-7-8-14(11(10)2)17-15(18)9-12-5-3-4-6-13(12)16(19)20/h3-6,10-11,14H,7-9H2,1-2H3,(H,17,18)(H,19,20). The zero-order valence-corrected chi connectivity index (χ0v) is 11.9. The molecule has 2 rings (SSSR count). The van der Waals surface area contributed by atoms with Crippen LogP contribution in [0.5, 0.6) is 0 Å². The fourth-order valence-electron chi connectivity index (χ4n) is 2.88. The van der Waals surface area contributed by atoms with E-state index in [-0.39, 0.29) is 23.9 Å². The molecule has 1 amide bonds. The van der Waals surface area contributed by atoms with Gasteiger partial charge in [-0.25, -0.2) is 4.79 Å². The normalized spacial score (nSPS) is 25.4. The SMILES string of the molecule is CC1CCC(NC(=O)Cc2ccccc2C(=O)O)C1C. The molecular weight excluding hydrogens is 254 g/mol. The number of amides is 1. The van der Waals surface area contributed by atoms with Gasteiger partial charge in [-0.1, -0.05) is 32.0 Å². The Morgan fingerprint density at radius 3 is 2.55 bits per heavy atom. The third-order valence-corrected chi connectivity index (χ3v) is 4.41. The predicted octanol–water partition coefficient (Wildman–Crippen LogP) is 2.48. The van der Waals surface area contributed by atoms with Crippen LogP contribution in [0.1, 0.15) is 42.6 Å². The molecule has 1 aromatic rings. The first-order chi connectivity index (χ1) is 9.49. The highest BCUT2D eigenvalue weighted by Gasteiger charge is 2.30. The molecule has 0 aromatic heterocycles. The Morgan fingerprint density at radius 1 is 1.25 bits per heavy atom. The molecule has 108 valence electrons. The first kappa shape index (κ1) is 14.6. The average molecular weight is 275 g/mol. The minimum Gasteiger partial charge on any atom is -0.478 e. The van der Waals surface area contributed by atoms with Crippen LogP contribution in [0.25, 0.3) is 0 Å². The van der Waals surface area contributed by atoms with Crippen molar-refractivity contribution in [3.63, 3.8) is 0 Å². The highest BCUT2D eigenvalue weighted by molar-refractivity contribution is 5.91. The van der Waals surface area contributed by atoms with E-state index in [0.717, 1.165) is 12.8 Å². The molecular formula is C16H21NO3. The van der Waals surface area contributed by atoms with Gasteiger partial charge in [-0.3, -0.25) is 4.79 Å². The molecule has 0 heterocycles. The zero-order chi connectivity index (χ0) is 14.7. The van der Waals surface area contributed by atoms with Gasteiger partial charge in [-0.05, 0) is 36.3 Å². The van der Waals surface area contributed by atoms with Crippen molar-refractivity contribution in [3.05, 3.63) is 35.4 Å². The second-order valence-electron chi connectivity index (χ2n) is 5.73. The number of nitrogens with one attached hydrogen (secondary N) is 1. The largest absolute Gasteiger partial charge is 0.478 e. The van der Waals surface area contributed by atoms with Gasteiger partial charge >= 0.3 is 5.97 Å². The lowest BCUT2D eigenvalue weighted by molar-refractivity contribution is -0.121. The van der Waals surface area contributed by atoms with Crippen molar-refractivity contribution in [2.45, 2.75) is 39.2 Å². The molecule has 0 saturated heterocycles. The number of benzene rings is 1. The van der Waals surface area contributed by atoms with Gasteiger partial charge in [-0.15, -0.1) is 0 Å². The van der Waals surface area contributed by atoms with Crippen molar-refractivity contribution in [3.8, 4) is 0 Å². The Balaban J connectivity index is 2.00. The Labute approximate surface area is 119 Å². The fourth-order valence-corrected chi connectivity index (χ4v) is 2.88. The van der Waals surface area contributed by atoms with Crippen LogP contribution in [0.4, 0.5) is 0 Å². The fraction of sp³-hybridized carbons (Fsp3) is 0.500. The minimum absolute atomic E-state index is 0.0929. The maximum Gasteiger partial charge on any atom is 0.335 e. The number of carboxylic acid groups (broad SMARTS) is 1. The first-order valence-corrected chi connectivity index (χ1v) is 7.09. The van der Waals surface area contributed by atoms with E-state index in [4.69, 9.17) is 5.11 Å². The number of hydrogen-bond acceptors (Lipinski definition) is 2. The topological polar surface area (TPSA) is 66.4 Å². The van der Waals surface area contributed by atoms with Gasteiger partial charge in [0.15, 0.2) is 0 Å². The third-order valence-electron chi connectivity index (χ3n) is 4.41. The van der Waals surface area contributed by atoms with Crippen molar-refractivity contribution in [2.24, 2.45) is 11.8 Å². The molecule has 1 fully saturated rings. The molecule has 0 radical (unpaired) electrons.